The van der Waals surface area contributed by atoms with Gasteiger partial charge in [-0.1, -0.05) is 36.4 Å². The summed E-state index contributed by atoms with van der Waals surface area (Å²) in [5.41, 5.74) is 0.806. The largest absolute Gasteiger partial charge is 0.333 e. The number of thiophene rings is 1. The van der Waals surface area contributed by atoms with Gasteiger partial charge in [0.25, 0.3) is 15.9 Å². The molecule has 2 atom stereocenters. The van der Waals surface area contributed by atoms with Gasteiger partial charge in [-0.3, -0.25) is 9.69 Å². The van der Waals surface area contributed by atoms with E-state index in [9.17, 15) is 18.0 Å². The Morgan fingerprint density at radius 2 is 1.88 bits per heavy atom. The Hall–Kier alpha value is -2.23. The number of sulfonamides is 1. The van der Waals surface area contributed by atoms with Crippen molar-refractivity contribution in [1.82, 2.24) is 14.5 Å². The number of imide groups is 1. The number of rotatable bonds is 4. The lowest BCUT2D eigenvalue weighted by molar-refractivity contribution is -0.134. The van der Waals surface area contributed by atoms with E-state index in [0.29, 0.717) is 6.42 Å². The second-order valence-corrected chi connectivity index (χ2v) is 9.31. The maximum atomic E-state index is 13.0. The Balaban J connectivity index is 1.63. The Bertz CT molecular complexity index is 928. The van der Waals surface area contributed by atoms with Crippen molar-refractivity contribution in [2.45, 2.75) is 29.3 Å². The Morgan fingerprint density at radius 1 is 1.12 bits per heavy atom. The average Bonchev–Trinajstić information content (AvgIpc) is 3.29. The summed E-state index contributed by atoms with van der Waals surface area (Å²) in [6.45, 7) is 0.322. The Morgan fingerprint density at radius 3 is 2.58 bits per heavy atom. The van der Waals surface area contributed by atoms with E-state index in [1.54, 1.807) is 11.4 Å². The van der Waals surface area contributed by atoms with Gasteiger partial charge in [0.05, 0.1) is 12.6 Å². The van der Waals surface area contributed by atoms with Crippen LogP contribution in [0.5, 0.6) is 0 Å². The molecule has 2 aromatic rings. The van der Waals surface area contributed by atoms with Crippen molar-refractivity contribution in [1.29, 1.82) is 0 Å². The second kappa shape index (κ2) is 6.49. The van der Waals surface area contributed by atoms with E-state index in [1.807, 2.05) is 30.3 Å². The molecule has 1 aromatic carbocycles. The number of fused-ring (bicyclic) bond motifs is 1. The number of carbonyl (C=O) groups is 2. The number of benzene rings is 1. The molecular formula is C17H17N3O4S2. The molecule has 26 heavy (non-hydrogen) atoms. The van der Waals surface area contributed by atoms with E-state index in [2.05, 4.69) is 5.32 Å². The molecular weight excluding hydrogens is 374 g/mol. The maximum absolute atomic E-state index is 13.0. The number of nitrogens with zero attached hydrogens (tertiary/aromatic N) is 2. The number of nitrogens with one attached hydrogen (secondary N) is 1. The SMILES string of the molecule is O=C1NC2CCN(S(=O)(=O)c3cccs3)C2C(=O)N1Cc1ccccc1. The number of hydrogen-bond acceptors (Lipinski definition) is 5. The molecule has 1 N–H and O–H groups in total. The van der Waals surface area contributed by atoms with Crippen LogP contribution >= 0.6 is 11.3 Å². The number of amides is 3. The minimum Gasteiger partial charge on any atom is -0.333 e. The lowest BCUT2D eigenvalue weighted by Gasteiger charge is -2.36. The third-order valence-electron chi connectivity index (χ3n) is 4.67. The van der Waals surface area contributed by atoms with Gasteiger partial charge < -0.3 is 5.32 Å². The fraction of sp³-hybridized carbons (Fsp3) is 0.294. The standard InChI is InChI=1S/C17H17N3O4S2/c21-16-15-13(8-9-20(15)26(23,24)14-7-4-10-25-14)18-17(22)19(16)11-12-5-2-1-3-6-12/h1-7,10,13,15H,8-9,11H2,(H,18,22). The minimum absolute atomic E-state index is 0.113. The van der Waals surface area contributed by atoms with E-state index < -0.39 is 34.0 Å². The summed E-state index contributed by atoms with van der Waals surface area (Å²) in [6, 6.07) is 10.5. The van der Waals surface area contributed by atoms with Gasteiger partial charge in [-0.05, 0) is 23.4 Å². The first-order chi connectivity index (χ1) is 12.5. The third kappa shape index (κ3) is 2.81. The zero-order valence-electron chi connectivity index (χ0n) is 13.7. The quantitative estimate of drug-likeness (QED) is 0.858. The van der Waals surface area contributed by atoms with Crippen LogP contribution in [0.4, 0.5) is 4.79 Å². The molecule has 2 aliphatic rings. The molecule has 0 aliphatic carbocycles. The van der Waals surface area contributed by atoms with Crippen LogP contribution in [0.25, 0.3) is 0 Å². The highest BCUT2D eigenvalue weighted by Gasteiger charge is 2.52. The number of hydrogen-bond donors (Lipinski definition) is 1. The van der Waals surface area contributed by atoms with Crippen LogP contribution in [0.3, 0.4) is 0 Å². The molecule has 0 spiro atoms. The summed E-state index contributed by atoms with van der Waals surface area (Å²) in [4.78, 5) is 26.5. The van der Waals surface area contributed by atoms with Crippen LogP contribution < -0.4 is 5.32 Å². The van der Waals surface area contributed by atoms with Crippen molar-refractivity contribution >= 4 is 33.3 Å². The Labute approximate surface area is 155 Å². The van der Waals surface area contributed by atoms with E-state index in [0.717, 1.165) is 21.8 Å². The zero-order valence-corrected chi connectivity index (χ0v) is 15.4. The molecule has 2 saturated heterocycles. The molecule has 3 amide bonds. The van der Waals surface area contributed by atoms with Crippen molar-refractivity contribution < 1.29 is 18.0 Å². The van der Waals surface area contributed by atoms with Crippen molar-refractivity contribution in [2.24, 2.45) is 0 Å². The summed E-state index contributed by atoms with van der Waals surface area (Å²) in [6.07, 6.45) is 0.423. The van der Waals surface area contributed by atoms with E-state index >= 15 is 0 Å². The summed E-state index contributed by atoms with van der Waals surface area (Å²) in [5, 5.41) is 4.48. The fourth-order valence-corrected chi connectivity index (χ4v) is 6.17. The smallest absolute Gasteiger partial charge is 0.324 e. The molecule has 0 bridgehead atoms. The Kier molecular flexibility index (Phi) is 4.29. The van der Waals surface area contributed by atoms with E-state index in [-0.39, 0.29) is 17.3 Å². The lowest BCUT2D eigenvalue weighted by Crippen LogP contribution is -2.64. The minimum atomic E-state index is -3.76. The molecule has 4 rings (SSSR count). The normalized spacial score (nSPS) is 23.8. The maximum Gasteiger partial charge on any atom is 0.324 e. The highest BCUT2D eigenvalue weighted by molar-refractivity contribution is 7.91. The van der Waals surface area contributed by atoms with Gasteiger partial charge in [-0.2, -0.15) is 4.31 Å². The van der Waals surface area contributed by atoms with Crippen LogP contribution in [0.15, 0.2) is 52.1 Å². The molecule has 2 aliphatic heterocycles. The lowest BCUT2D eigenvalue weighted by atomic mass is 10.1. The third-order valence-corrected chi connectivity index (χ3v) is 7.92. The first kappa shape index (κ1) is 17.2. The van der Waals surface area contributed by atoms with Gasteiger partial charge in [0.2, 0.25) is 0 Å². The van der Waals surface area contributed by atoms with Gasteiger partial charge in [0.1, 0.15) is 10.3 Å². The topological polar surface area (TPSA) is 86.8 Å². The van der Waals surface area contributed by atoms with E-state index in [1.165, 1.54) is 10.4 Å². The monoisotopic (exact) mass is 391 g/mol. The van der Waals surface area contributed by atoms with Crippen LogP contribution in [0.1, 0.15) is 12.0 Å². The summed E-state index contributed by atoms with van der Waals surface area (Å²) in [5.74, 6) is -0.472. The first-order valence-electron chi connectivity index (χ1n) is 8.19. The molecule has 0 radical (unpaired) electrons. The van der Waals surface area contributed by atoms with Gasteiger partial charge in [-0.15, -0.1) is 11.3 Å². The van der Waals surface area contributed by atoms with Gasteiger partial charge in [-0.25, -0.2) is 13.2 Å². The fourth-order valence-electron chi connectivity index (χ4n) is 3.42. The van der Waals surface area contributed by atoms with Gasteiger partial charge in [0.15, 0.2) is 0 Å². The molecule has 0 saturated carbocycles. The summed E-state index contributed by atoms with van der Waals surface area (Å²) < 4.78 is 27.2. The molecule has 136 valence electrons. The number of carbonyl (C=O) groups excluding carboxylic acids is 2. The van der Waals surface area contributed by atoms with Crippen LogP contribution in [0, 0.1) is 0 Å². The van der Waals surface area contributed by atoms with Gasteiger partial charge in [0, 0.05) is 6.54 Å². The number of urea groups is 1. The molecule has 3 heterocycles. The predicted octanol–water partition coefficient (Wildman–Crippen LogP) is 1.63. The molecule has 9 heteroatoms. The van der Waals surface area contributed by atoms with Crippen LogP contribution in [-0.2, 0) is 21.4 Å². The highest BCUT2D eigenvalue weighted by atomic mass is 32.2. The van der Waals surface area contributed by atoms with Crippen molar-refractivity contribution in [3.05, 3.63) is 53.4 Å². The zero-order chi connectivity index (χ0) is 18.3. The van der Waals surface area contributed by atoms with Crippen molar-refractivity contribution in [2.75, 3.05) is 6.54 Å². The molecule has 7 nitrogen and oxygen atoms in total. The van der Waals surface area contributed by atoms with Crippen molar-refractivity contribution in [3.63, 3.8) is 0 Å². The molecule has 2 unspecified atom stereocenters. The second-order valence-electron chi connectivity index (χ2n) is 6.25. The molecule has 1 aromatic heterocycles. The average molecular weight is 391 g/mol. The summed E-state index contributed by atoms with van der Waals surface area (Å²) >= 11 is 1.12. The van der Waals surface area contributed by atoms with Crippen LogP contribution in [-0.4, -0.2) is 48.2 Å². The first-order valence-corrected chi connectivity index (χ1v) is 10.5. The predicted molar refractivity (Wildman–Crippen MR) is 95.9 cm³/mol. The van der Waals surface area contributed by atoms with E-state index in [4.69, 9.17) is 0 Å². The summed E-state index contributed by atoms with van der Waals surface area (Å²) in [7, 11) is -3.76. The van der Waals surface area contributed by atoms with Crippen LogP contribution in [0.2, 0.25) is 0 Å². The van der Waals surface area contributed by atoms with Gasteiger partial charge >= 0.3 is 6.03 Å². The molecule has 2 fully saturated rings. The van der Waals surface area contributed by atoms with Crippen molar-refractivity contribution in [3.8, 4) is 0 Å². The highest BCUT2D eigenvalue weighted by Crippen LogP contribution is 2.32.